The topological polar surface area (TPSA) is 89.3 Å². The Labute approximate surface area is 162 Å². The molecule has 1 aliphatic rings. The normalized spacial score (nSPS) is 17.1. The van der Waals surface area contributed by atoms with Crippen LogP contribution < -0.4 is 10.1 Å². The molecule has 8 heteroatoms. The fourth-order valence-corrected chi connectivity index (χ4v) is 2.85. The standard InChI is InChI=1S/C19H23N3O4S/c1-12(2)7-8-26-15-6-5-14(9-13(15)3)11-20-22-19-21-18(24)16(27-19)10-17(23)25-4/h5-6,9-12H,7-8H2,1-4H3,(H,21,22,24)/b16-10+,20-11?. The molecule has 1 saturated heterocycles. The quantitative estimate of drug-likeness (QED) is 0.335. The molecule has 7 nitrogen and oxygen atoms in total. The van der Waals surface area contributed by atoms with Crippen molar-refractivity contribution in [3.8, 4) is 5.75 Å². The second-order valence-corrected chi connectivity index (χ2v) is 7.32. The summed E-state index contributed by atoms with van der Waals surface area (Å²) in [5.74, 6) is 0.463. The maximum Gasteiger partial charge on any atom is 0.331 e. The lowest BCUT2D eigenvalue weighted by molar-refractivity contribution is -0.135. The minimum absolute atomic E-state index is 0.217. The number of ether oxygens (including phenoxy) is 2. The zero-order valence-electron chi connectivity index (χ0n) is 15.8. The van der Waals surface area contributed by atoms with Crippen LogP contribution in [0.2, 0.25) is 0 Å². The Balaban J connectivity index is 1.97. The average Bonchev–Trinajstić information content (AvgIpc) is 2.95. The van der Waals surface area contributed by atoms with E-state index < -0.39 is 11.9 Å². The summed E-state index contributed by atoms with van der Waals surface area (Å²) in [7, 11) is 1.25. The summed E-state index contributed by atoms with van der Waals surface area (Å²) in [4.78, 5) is 23.1. The van der Waals surface area contributed by atoms with Gasteiger partial charge in [0.1, 0.15) is 5.75 Å². The zero-order valence-corrected chi connectivity index (χ0v) is 16.6. The van der Waals surface area contributed by atoms with Gasteiger partial charge in [-0.15, -0.1) is 5.10 Å². The zero-order chi connectivity index (χ0) is 19.8. The maximum atomic E-state index is 11.7. The highest BCUT2D eigenvalue weighted by Gasteiger charge is 2.24. The van der Waals surface area contributed by atoms with E-state index in [9.17, 15) is 9.59 Å². The van der Waals surface area contributed by atoms with Crippen molar-refractivity contribution < 1.29 is 19.1 Å². The number of carbonyl (C=O) groups excluding carboxylic acids is 2. The van der Waals surface area contributed by atoms with Gasteiger partial charge in [0.2, 0.25) is 0 Å². The third kappa shape index (κ3) is 6.56. The van der Waals surface area contributed by atoms with E-state index in [4.69, 9.17) is 4.74 Å². The van der Waals surface area contributed by atoms with Gasteiger partial charge >= 0.3 is 5.97 Å². The highest BCUT2D eigenvalue weighted by Crippen LogP contribution is 2.23. The van der Waals surface area contributed by atoms with Gasteiger partial charge in [-0.2, -0.15) is 5.10 Å². The highest BCUT2D eigenvalue weighted by molar-refractivity contribution is 8.18. The van der Waals surface area contributed by atoms with E-state index in [2.05, 4.69) is 34.1 Å². The predicted octanol–water partition coefficient (Wildman–Crippen LogP) is 3.03. The fourth-order valence-electron chi connectivity index (χ4n) is 2.11. The summed E-state index contributed by atoms with van der Waals surface area (Å²) < 4.78 is 10.3. The molecule has 1 heterocycles. The average molecular weight is 389 g/mol. The molecule has 0 saturated carbocycles. The van der Waals surface area contributed by atoms with Crippen LogP contribution in [-0.2, 0) is 14.3 Å². The van der Waals surface area contributed by atoms with Crippen LogP contribution in [-0.4, -0.2) is 37.0 Å². The molecule has 1 amide bonds. The van der Waals surface area contributed by atoms with Crippen molar-refractivity contribution in [2.24, 2.45) is 16.1 Å². The van der Waals surface area contributed by atoms with Gasteiger partial charge in [-0.05, 0) is 60.4 Å². The fraction of sp³-hybridized carbons (Fsp3) is 0.368. The Hall–Kier alpha value is -2.61. The molecule has 2 rings (SSSR count). The molecule has 0 spiro atoms. The van der Waals surface area contributed by atoms with Gasteiger partial charge in [-0.25, -0.2) is 4.79 Å². The number of nitrogens with one attached hydrogen (secondary N) is 1. The number of hydrogen-bond acceptors (Lipinski definition) is 7. The van der Waals surface area contributed by atoms with E-state index in [-0.39, 0.29) is 4.91 Å². The predicted molar refractivity (Wildman–Crippen MR) is 107 cm³/mol. The summed E-state index contributed by atoms with van der Waals surface area (Å²) in [6, 6.07) is 5.76. The minimum atomic E-state index is -0.594. The van der Waals surface area contributed by atoms with Crippen LogP contribution in [0.25, 0.3) is 0 Å². The van der Waals surface area contributed by atoms with E-state index in [1.807, 2.05) is 25.1 Å². The van der Waals surface area contributed by atoms with Crippen LogP contribution >= 0.6 is 11.8 Å². The number of thioether (sulfide) groups is 1. The lowest BCUT2D eigenvalue weighted by atomic mass is 10.1. The molecule has 1 N–H and O–H groups in total. The second kappa shape index (κ2) is 9.91. The Morgan fingerprint density at radius 1 is 1.37 bits per heavy atom. The van der Waals surface area contributed by atoms with Gasteiger partial charge in [-0.1, -0.05) is 13.8 Å². The molecule has 0 aliphatic carbocycles. The number of amidine groups is 1. The molecular formula is C19H23N3O4S. The Bertz CT molecular complexity index is 800. The van der Waals surface area contributed by atoms with Gasteiger partial charge in [-0.3, -0.25) is 10.1 Å². The number of carbonyl (C=O) groups is 2. The Morgan fingerprint density at radius 3 is 2.81 bits per heavy atom. The molecule has 0 radical (unpaired) electrons. The second-order valence-electron chi connectivity index (χ2n) is 6.29. The summed E-state index contributed by atoms with van der Waals surface area (Å²) in [5, 5.41) is 10.8. The number of hydrogen-bond donors (Lipinski definition) is 1. The van der Waals surface area contributed by atoms with Gasteiger partial charge in [0.15, 0.2) is 5.17 Å². The molecule has 144 valence electrons. The number of methoxy groups -OCH3 is 1. The van der Waals surface area contributed by atoms with Gasteiger partial charge < -0.3 is 9.47 Å². The van der Waals surface area contributed by atoms with Crippen LogP contribution in [0, 0.1) is 12.8 Å². The molecule has 0 unspecified atom stereocenters. The summed E-state index contributed by atoms with van der Waals surface area (Å²) >= 11 is 1.03. The minimum Gasteiger partial charge on any atom is -0.493 e. The SMILES string of the molecule is COC(=O)/C=C1/S/C(=N\N=Cc2ccc(OCCC(C)C)c(C)c2)NC1=O. The maximum absolute atomic E-state index is 11.7. The molecule has 1 aromatic carbocycles. The Kier molecular flexibility index (Phi) is 7.60. The first kappa shape index (κ1) is 20.7. The van der Waals surface area contributed by atoms with Crippen molar-refractivity contribution in [3.05, 3.63) is 40.3 Å². The van der Waals surface area contributed by atoms with Crippen LogP contribution in [0.4, 0.5) is 0 Å². The van der Waals surface area contributed by atoms with Crippen molar-refractivity contribution in [1.82, 2.24) is 5.32 Å². The molecule has 1 fully saturated rings. The lowest BCUT2D eigenvalue weighted by Crippen LogP contribution is -2.19. The van der Waals surface area contributed by atoms with Crippen LogP contribution in [0.3, 0.4) is 0 Å². The molecule has 0 bridgehead atoms. The van der Waals surface area contributed by atoms with Gasteiger partial charge in [0, 0.05) is 6.08 Å². The number of benzene rings is 1. The lowest BCUT2D eigenvalue weighted by Gasteiger charge is -2.10. The smallest absolute Gasteiger partial charge is 0.331 e. The Morgan fingerprint density at radius 2 is 2.15 bits per heavy atom. The van der Waals surface area contributed by atoms with E-state index >= 15 is 0 Å². The van der Waals surface area contributed by atoms with Crippen molar-refractivity contribution >= 4 is 35.0 Å². The van der Waals surface area contributed by atoms with Gasteiger partial charge in [0.05, 0.1) is 24.8 Å². The molecule has 0 aromatic heterocycles. The molecular weight excluding hydrogens is 366 g/mol. The number of aryl methyl sites for hydroxylation is 1. The van der Waals surface area contributed by atoms with Crippen LogP contribution in [0.15, 0.2) is 39.4 Å². The van der Waals surface area contributed by atoms with Crippen molar-refractivity contribution in [2.75, 3.05) is 13.7 Å². The van der Waals surface area contributed by atoms with E-state index in [1.165, 1.54) is 7.11 Å². The summed E-state index contributed by atoms with van der Waals surface area (Å²) in [6.45, 7) is 7.00. The van der Waals surface area contributed by atoms with Crippen molar-refractivity contribution in [2.45, 2.75) is 27.2 Å². The molecule has 1 aliphatic heterocycles. The number of nitrogens with zero attached hydrogens (tertiary/aromatic N) is 2. The number of esters is 1. The van der Waals surface area contributed by atoms with Crippen LogP contribution in [0.1, 0.15) is 31.4 Å². The van der Waals surface area contributed by atoms with E-state index in [1.54, 1.807) is 6.21 Å². The third-order valence-electron chi connectivity index (χ3n) is 3.61. The first-order valence-corrected chi connectivity index (χ1v) is 9.34. The van der Waals surface area contributed by atoms with E-state index in [0.717, 1.165) is 41.1 Å². The van der Waals surface area contributed by atoms with Crippen LogP contribution in [0.5, 0.6) is 5.75 Å². The first-order chi connectivity index (χ1) is 12.9. The van der Waals surface area contributed by atoms with Gasteiger partial charge in [0.25, 0.3) is 5.91 Å². The van der Waals surface area contributed by atoms with E-state index in [0.29, 0.717) is 17.7 Å². The molecule has 1 aromatic rings. The number of amides is 1. The first-order valence-electron chi connectivity index (χ1n) is 8.52. The largest absolute Gasteiger partial charge is 0.493 e. The highest BCUT2D eigenvalue weighted by atomic mass is 32.2. The summed E-state index contributed by atoms with van der Waals surface area (Å²) in [5.41, 5.74) is 1.88. The molecule has 0 atom stereocenters. The van der Waals surface area contributed by atoms with Crippen molar-refractivity contribution in [1.29, 1.82) is 0 Å². The monoisotopic (exact) mass is 389 g/mol. The van der Waals surface area contributed by atoms with Crippen molar-refractivity contribution in [3.63, 3.8) is 0 Å². The number of rotatable bonds is 7. The summed E-state index contributed by atoms with van der Waals surface area (Å²) in [6.07, 6.45) is 3.72. The third-order valence-corrected chi connectivity index (χ3v) is 4.51. The molecule has 27 heavy (non-hydrogen) atoms.